The molecular weight excluding hydrogens is 559 g/mol. The molecule has 1 amide bonds. The summed E-state index contributed by atoms with van der Waals surface area (Å²) in [5, 5.41) is 5.44. The van der Waals surface area contributed by atoms with Crippen LogP contribution < -0.4 is 10.6 Å². The molecule has 0 unspecified atom stereocenters. The van der Waals surface area contributed by atoms with Crippen molar-refractivity contribution >= 4 is 38.9 Å². The SMILES string of the molecule is O=C(NC(=S)Nc1ccc(S(=O)(=O)N2CCN(C(c3ccccc3)c3ccccc3)CC2)cc1)c1ccc(F)cc1. The quantitative estimate of drug-likeness (QED) is 0.294. The lowest BCUT2D eigenvalue weighted by atomic mass is 9.96. The Hall–Kier alpha value is -3.96. The Morgan fingerprint density at radius 2 is 1.29 bits per heavy atom. The first-order valence-corrected chi connectivity index (χ1v) is 15.0. The van der Waals surface area contributed by atoms with Gasteiger partial charge in [0.1, 0.15) is 5.82 Å². The van der Waals surface area contributed by atoms with Crippen molar-refractivity contribution in [2.75, 3.05) is 31.5 Å². The number of sulfonamides is 1. The zero-order chi connectivity index (χ0) is 28.8. The molecule has 1 aliphatic rings. The summed E-state index contributed by atoms with van der Waals surface area (Å²) in [6.45, 7) is 1.93. The van der Waals surface area contributed by atoms with Crippen LogP contribution >= 0.6 is 12.2 Å². The monoisotopic (exact) mass is 588 g/mol. The van der Waals surface area contributed by atoms with Crippen LogP contribution in [0.1, 0.15) is 27.5 Å². The summed E-state index contributed by atoms with van der Waals surface area (Å²) in [5.74, 6) is -0.926. The molecular formula is C31H29FN4O3S2. The van der Waals surface area contributed by atoms with Crippen LogP contribution in [-0.4, -0.2) is 54.8 Å². The van der Waals surface area contributed by atoms with Crippen LogP contribution in [0, 0.1) is 5.82 Å². The van der Waals surface area contributed by atoms with Gasteiger partial charge in [-0.05, 0) is 71.9 Å². The molecule has 1 saturated heterocycles. The number of piperazine rings is 1. The highest BCUT2D eigenvalue weighted by Gasteiger charge is 2.32. The molecule has 0 saturated carbocycles. The largest absolute Gasteiger partial charge is 0.332 e. The standard InChI is InChI=1S/C31H29FN4O3S2/c32-26-13-11-25(12-14-26)30(37)34-31(40)33-27-15-17-28(18-16-27)41(38,39)36-21-19-35(20-22-36)29(23-7-3-1-4-8-23)24-9-5-2-6-10-24/h1-18,29H,19-22H2,(H2,33,34,37,40). The second-order valence-electron chi connectivity index (χ2n) is 9.60. The van der Waals surface area contributed by atoms with Gasteiger partial charge >= 0.3 is 0 Å². The molecule has 4 aromatic carbocycles. The van der Waals surface area contributed by atoms with Gasteiger partial charge in [-0.15, -0.1) is 0 Å². The summed E-state index contributed by atoms with van der Waals surface area (Å²) >= 11 is 5.20. The van der Waals surface area contributed by atoms with Crippen LogP contribution in [0.4, 0.5) is 10.1 Å². The summed E-state index contributed by atoms with van der Waals surface area (Å²) in [5.41, 5.74) is 3.12. The Labute approximate surface area is 244 Å². The van der Waals surface area contributed by atoms with Crippen molar-refractivity contribution in [3.8, 4) is 0 Å². The number of hydrogen-bond acceptors (Lipinski definition) is 5. The fraction of sp³-hybridized carbons (Fsp3) is 0.161. The van der Waals surface area contributed by atoms with Crippen LogP contribution in [0.5, 0.6) is 0 Å². The molecule has 0 aromatic heterocycles. The lowest BCUT2D eigenvalue weighted by Gasteiger charge is -2.39. The van der Waals surface area contributed by atoms with Crippen molar-refractivity contribution in [3.63, 3.8) is 0 Å². The number of halogens is 1. The van der Waals surface area contributed by atoms with Crippen molar-refractivity contribution < 1.29 is 17.6 Å². The van der Waals surface area contributed by atoms with E-state index in [0.717, 1.165) is 0 Å². The van der Waals surface area contributed by atoms with Gasteiger partial charge in [0, 0.05) is 37.4 Å². The third-order valence-corrected chi connectivity index (χ3v) is 9.07. The van der Waals surface area contributed by atoms with Crippen LogP contribution in [0.2, 0.25) is 0 Å². The lowest BCUT2D eigenvalue weighted by molar-refractivity contribution is 0.0977. The number of thiocarbonyl (C=S) groups is 1. The van der Waals surface area contributed by atoms with Gasteiger partial charge in [0.15, 0.2) is 5.11 Å². The number of amides is 1. The van der Waals surface area contributed by atoms with Crippen LogP contribution in [0.3, 0.4) is 0 Å². The fourth-order valence-electron chi connectivity index (χ4n) is 4.89. The van der Waals surface area contributed by atoms with E-state index in [1.807, 2.05) is 36.4 Å². The van der Waals surface area contributed by atoms with E-state index < -0.39 is 21.7 Å². The van der Waals surface area contributed by atoms with Crippen molar-refractivity contribution in [2.45, 2.75) is 10.9 Å². The molecule has 4 aromatic rings. The fourth-order valence-corrected chi connectivity index (χ4v) is 6.52. The van der Waals surface area contributed by atoms with Gasteiger partial charge in [-0.2, -0.15) is 4.31 Å². The molecule has 1 aliphatic heterocycles. The second kappa shape index (κ2) is 12.7. The zero-order valence-electron chi connectivity index (χ0n) is 22.1. The van der Waals surface area contributed by atoms with E-state index in [1.165, 1.54) is 51.8 Å². The summed E-state index contributed by atoms with van der Waals surface area (Å²) in [6.07, 6.45) is 0. The average Bonchev–Trinajstić information content (AvgIpc) is 2.99. The van der Waals surface area contributed by atoms with Crippen LogP contribution in [0.15, 0.2) is 114 Å². The van der Waals surface area contributed by atoms with Gasteiger partial charge in [-0.25, -0.2) is 12.8 Å². The molecule has 0 atom stereocenters. The summed E-state index contributed by atoms with van der Waals surface area (Å²) in [7, 11) is -3.70. The van der Waals surface area contributed by atoms with Crippen molar-refractivity contribution in [1.82, 2.24) is 14.5 Å². The van der Waals surface area contributed by atoms with E-state index in [9.17, 15) is 17.6 Å². The van der Waals surface area contributed by atoms with Gasteiger partial charge in [-0.3, -0.25) is 15.0 Å². The second-order valence-corrected chi connectivity index (χ2v) is 11.9. The minimum absolute atomic E-state index is 0.0393. The topological polar surface area (TPSA) is 81.8 Å². The number of benzene rings is 4. The number of hydrogen-bond donors (Lipinski definition) is 2. The smallest absolute Gasteiger partial charge is 0.257 e. The normalized spacial score (nSPS) is 14.5. The van der Waals surface area contributed by atoms with Gasteiger partial charge < -0.3 is 5.32 Å². The van der Waals surface area contributed by atoms with Gasteiger partial charge in [0.05, 0.1) is 10.9 Å². The van der Waals surface area contributed by atoms with E-state index in [2.05, 4.69) is 39.8 Å². The Bertz CT molecular complexity index is 1550. The van der Waals surface area contributed by atoms with Crippen LogP contribution in [0.25, 0.3) is 0 Å². The summed E-state index contributed by atoms with van der Waals surface area (Å²) < 4.78 is 41.5. The molecule has 41 heavy (non-hydrogen) atoms. The molecule has 0 bridgehead atoms. The number of carbonyl (C=O) groups excluding carboxylic acids is 1. The van der Waals surface area contributed by atoms with Crippen molar-refractivity contribution in [2.24, 2.45) is 0 Å². The molecule has 0 spiro atoms. The minimum Gasteiger partial charge on any atom is -0.332 e. The van der Waals surface area contributed by atoms with E-state index in [1.54, 1.807) is 12.1 Å². The molecule has 210 valence electrons. The number of anilines is 1. The van der Waals surface area contributed by atoms with Crippen LogP contribution in [-0.2, 0) is 10.0 Å². The Morgan fingerprint density at radius 3 is 1.83 bits per heavy atom. The van der Waals surface area contributed by atoms with Crippen molar-refractivity contribution in [3.05, 3.63) is 132 Å². The number of carbonyl (C=O) groups is 1. The molecule has 1 fully saturated rings. The highest BCUT2D eigenvalue weighted by molar-refractivity contribution is 7.89. The first-order valence-electron chi connectivity index (χ1n) is 13.1. The Balaban J connectivity index is 1.21. The van der Waals surface area contributed by atoms with E-state index in [-0.39, 0.29) is 21.6 Å². The zero-order valence-corrected chi connectivity index (χ0v) is 23.7. The molecule has 0 aliphatic carbocycles. The number of nitrogens with zero attached hydrogens (tertiary/aromatic N) is 2. The molecule has 7 nitrogen and oxygen atoms in total. The Morgan fingerprint density at radius 1 is 0.756 bits per heavy atom. The first kappa shape index (κ1) is 28.6. The molecule has 0 radical (unpaired) electrons. The lowest BCUT2D eigenvalue weighted by Crippen LogP contribution is -2.49. The predicted molar refractivity (Wildman–Crippen MR) is 162 cm³/mol. The summed E-state index contributed by atoms with van der Waals surface area (Å²) in [6, 6.07) is 31.9. The maximum atomic E-state index is 13.4. The minimum atomic E-state index is -3.70. The highest BCUT2D eigenvalue weighted by atomic mass is 32.2. The Kier molecular flexibility index (Phi) is 8.84. The van der Waals surface area contributed by atoms with E-state index in [0.29, 0.717) is 31.9 Å². The van der Waals surface area contributed by atoms with Gasteiger partial charge in [-0.1, -0.05) is 60.7 Å². The number of rotatable bonds is 7. The first-order chi connectivity index (χ1) is 19.8. The van der Waals surface area contributed by atoms with Crippen molar-refractivity contribution in [1.29, 1.82) is 0 Å². The van der Waals surface area contributed by atoms with E-state index >= 15 is 0 Å². The molecule has 2 N–H and O–H groups in total. The van der Waals surface area contributed by atoms with Gasteiger partial charge in [0.2, 0.25) is 10.0 Å². The summed E-state index contributed by atoms with van der Waals surface area (Å²) in [4.78, 5) is 14.8. The predicted octanol–water partition coefficient (Wildman–Crippen LogP) is 5.05. The highest BCUT2D eigenvalue weighted by Crippen LogP contribution is 2.30. The molecule has 1 heterocycles. The third-order valence-electron chi connectivity index (χ3n) is 6.95. The average molecular weight is 589 g/mol. The molecule has 5 rings (SSSR count). The maximum Gasteiger partial charge on any atom is 0.257 e. The van der Waals surface area contributed by atoms with Gasteiger partial charge in [0.25, 0.3) is 5.91 Å². The maximum absolute atomic E-state index is 13.4. The number of nitrogens with one attached hydrogen (secondary N) is 2. The third kappa shape index (κ3) is 6.86. The van der Waals surface area contributed by atoms with E-state index in [4.69, 9.17) is 12.2 Å². The molecule has 10 heteroatoms.